The van der Waals surface area contributed by atoms with Crippen LogP contribution in [0.2, 0.25) is 0 Å². The lowest BCUT2D eigenvalue weighted by molar-refractivity contribution is 0.0738. The average Bonchev–Trinajstić information content (AvgIpc) is 2.89. The Hall–Kier alpha value is -1.90. The molecule has 7 nitrogen and oxygen atoms in total. The van der Waals surface area contributed by atoms with Crippen LogP contribution >= 0.6 is 0 Å². The van der Waals surface area contributed by atoms with Crippen molar-refractivity contribution < 1.29 is 22.7 Å². The van der Waals surface area contributed by atoms with Crippen molar-refractivity contribution in [2.75, 3.05) is 27.2 Å². The SMILES string of the molecule is CNS(=O)(=O)c1ccc2oc(C(=O)N(C)CCO)cc2c1. The van der Waals surface area contributed by atoms with Crippen LogP contribution < -0.4 is 4.72 Å². The molecule has 0 radical (unpaired) electrons. The summed E-state index contributed by atoms with van der Waals surface area (Å²) in [7, 11) is -0.674. The second-order valence-corrected chi connectivity index (χ2v) is 6.35. The summed E-state index contributed by atoms with van der Waals surface area (Å²) in [5.74, 6) is -0.279. The first-order valence-electron chi connectivity index (χ1n) is 6.22. The predicted octanol–water partition coefficient (Wildman–Crippen LogP) is 0.405. The quantitative estimate of drug-likeness (QED) is 0.832. The van der Waals surface area contributed by atoms with E-state index in [0.29, 0.717) is 11.0 Å². The first kappa shape index (κ1) is 15.5. The van der Waals surface area contributed by atoms with E-state index >= 15 is 0 Å². The monoisotopic (exact) mass is 312 g/mol. The molecule has 0 aliphatic rings. The predicted molar refractivity (Wildman–Crippen MR) is 76.5 cm³/mol. The van der Waals surface area contributed by atoms with Crippen molar-refractivity contribution in [1.82, 2.24) is 9.62 Å². The lowest BCUT2D eigenvalue weighted by Gasteiger charge is -2.13. The number of fused-ring (bicyclic) bond motifs is 1. The zero-order chi connectivity index (χ0) is 15.6. The molecule has 2 rings (SSSR count). The summed E-state index contributed by atoms with van der Waals surface area (Å²) in [6.07, 6.45) is 0. The van der Waals surface area contributed by atoms with Gasteiger partial charge in [0.15, 0.2) is 5.76 Å². The van der Waals surface area contributed by atoms with Gasteiger partial charge in [-0.15, -0.1) is 0 Å². The number of hydrogen-bond acceptors (Lipinski definition) is 5. The van der Waals surface area contributed by atoms with E-state index in [1.165, 1.54) is 36.2 Å². The molecule has 2 N–H and O–H groups in total. The van der Waals surface area contributed by atoms with Crippen molar-refractivity contribution >= 4 is 26.9 Å². The Morgan fingerprint density at radius 2 is 2.10 bits per heavy atom. The first-order chi connectivity index (χ1) is 9.89. The van der Waals surface area contributed by atoms with E-state index in [-0.39, 0.29) is 29.7 Å². The summed E-state index contributed by atoms with van der Waals surface area (Å²) < 4.78 is 31.1. The summed E-state index contributed by atoms with van der Waals surface area (Å²) in [6, 6.07) is 5.83. The van der Waals surface area contributed by atoms with Gasteiger partial charge in [-0.1, -0.05) is 0 Å². The van der Waals surface area contributed by atoms with Gasteiger partial charge in [-0.3, -0.25) is 4.79 Å². The maximum atomic E-state index is 12.0. The molecule has 0 fully saturated rings. The molecule has 0 aliphatic carbocycles. The van der Waals surface area contributed by atoms with E-state index in [4.69, 9.17) is 9.52 Å². The van der Waals surface area contributed by atoms with Crippen molar-refractivity contribution in [3.63, 3.8) is 0 Å². The normalized spacial score (nSPS) is 11.8. The van der Waals surface area contributed by atoms with E-state index < -0.39 is 10.0 Å². The van der Waals surface area contributed by atoms with Crippen LogP contribution in [-0.2, 0) is 10.0 Å². The van der Waals surface area contributed by atoms with Gasteiger partial charge in [0.05, 0.1) is 11.5 Å². The molecular formula is C13H16N2O5S. The maximum Gasteiger partial charge on any atom is 0.289 e. The fourth-order valence-electron chi connectivity index (χ4n) is 1.85. The zero-order valence-corrected chi connectivity index (χ0v) is 12.5. The van der Waals surface area contributed by atoms with Gasteiger partial charge in [-0.2, -0.15) is 0 Å². The summed E-state index contributed by atoms with van der Waals surface area (Å²) in [6.45, 7) is 0.0439. The number of nitrogens with one attached hydrogen (secondary N) is 1. The number of carbonyl (C=O) groups excluding carboxylic acids is 1. The van der Waals surface area contributed by atoms with Crippen LogP contribution in [0.3, 0.4) is 0 Å². The summed E-state index contributed by atoms with van der Waals surface area (Å²) in [5.41, 5.74) is 0.422. The minimum Gasteiger partial charge on any atom is -0.451 e. The van der Waals surface area contributed by atoms with Crippen molar-refractivity contribution in [1.29, 1.82) is 0 Å². The van der Waals surface area contributed by atoms with Crippen LogP contribution in [0.4, 0.5) is 0 Å². The Morgan fingerprint density at radius 1 is 1.38 bits per heavy atom. The highest BCUT2D eigenvalue weighted by atomic mass is 32.2. The van der Waals surface area contributed by atoms with Gasteiger partial charge in [0, 0.05) is 19.0 Å². The van der Waals surface area contributed by atoms with Crippen LogP contribution in [0.15, 0.2) is 33.6 Å². The fourth-order valence-corrected chi connectivity index (χ4v) is 2.62. The number of benzene rings is 1. The third-order valence-electron chi connectivity index (χ3n) is 3.06. The summed E-state index contributed by atoms with van der Waals surface area (Å²) in [5, 5.41) is 9.35. The highest BCUT2D eigenvalue weighted by Crippen LogP contribution is 2.23. The zero-order valence-electron chi connectivity index (χ0n) is 11.7. The number of aliphatic hydroxyl groups excluding tert-OH is 1. The molecule has 0 saturated heterocycles. The number of aliphatic hydroxyl groups is 1. The standard InChI is InChI=1S/C13H16N2O5S/c1-14-21(18,19)10-3-4-11-9(7-10)8-12(20-11)13(17)15(2)5-6-16/h3-4,7-8,14,16H,5-6H2,1-2H3. The Kier molecular flexibility index (Phi) is 4.31. The van der Waals surface area contributed by atoms with E-state index in [0.717, 1.165) is 0 Å². The molecule has 0 atom stereocenters. The number of rotatable bonds is 5. The fraction of sp³-hybridized carbons (Fsp3) is 0.308. The minimum absolute atomic E-state index is 0.0972. The van der Waals surface area contributed by atoms with Gasteiger partial charge in [0.25, 0.3) is 5.91 Å². The number of nitrogens with zero attached hydrogens (tertiary/aromatic N) is 1. The van der Waals surface area contributed by atoms with Gasteiger partial charge in [-0.25, -0.2) is 13.1 Å². The lowest BCUT2D eigenvalue weighted by atomic mass is 10.2. The highest BCUT2D eigenvalue weighted by molar-refractivity contribution is 7.89. The highest BCUT2D eigenvalue weighted by Gasteiger charge is 2.18. The number of likely N-dealkylation sites (N-methyl/N-ethyl adjacent to an activating group) is 1. The minimum atomic E-state index is -3.55. The molecule has 0 aliphatic heterocycles. The van der Waals surface area contributed by atoms with Gasteiger partial charge in [0.2, 0.25) is 10.0 Å². The molecule has 0 bridgehead atoms. The van der Waals surface area contributed by atoms with E-state index in [2.05, 4.69) is 4.72 Å². The number of carbonyl (C=O) groups is 1. The van der Waals surface area contributed by atoms with Crippen LogP contribution in [0.5, 0.6) is 0 Å². The molecule has 8 heteroatoms. The number of sulfonamides is 1. The topological polar surface area (TPSA) is 99.8 Å². The van der Waals surface area contributed by atoms with Crippen LogP contribution in [0.25, 0.3) is 11.0 Å². The molecule has 1 heterocycles. The second kappa shape index (κ2) is 5.84. The molecule has 0 saturated carbocycles. The molecule has 1 aromatic carbocycles. The molecule has 2 aromatic rings. The second-order valence-electron chi connectivity index (χ2n) is 4.47. The van der Waals surface area contributed by atoms with E-state index in [9.17, 15) is 13.2 Å². The van der Waals surface area contributed by atoms with Crippen LogP contribution in [0.1, 0.15) is 10.6 Å². The van der Waals surface area contributed by atoms with Crippen molar-refractivity contribution in [2.24, 2.45) is 0 Å². The third-order valence-corrected chi connectivity index (χ3v) is 4.47. The van der Waals surface area contributed by atoms with Crippen molar-refractivity contribution in [2.45, 2.75) is 4.90 Å². The van der Waals surface area contributed by atoms with Crippen LogP contribution in [-0.4, -0.2) is 51.6 Å². The van der Waals surface area contributed by atoms with Crippen LogP contribution in [0, 0.1) is 0 Å². The van der Waals surface area contributed by atoms with E-state index in [1.54, 1.807) is 7.05 Å². The molecule has 1 amide bonds. The van der Waals surface area contributed by atoms with E-state index in [1.807, 2.05) is 0 Å². The molecule has 1 aromatic heterocycles. The number of furan rings is 1. The average molecular weight is 312 g/mol. The first-order valence-corrected chi connectivity index (χ1v) is 7.71. The summed E-state index contributed by atoms with van der Waals surface area (Å²) in [4.78, 5) is 13.5. The summed E-state index contributed by atoms with van der Waals surface area (Å²) >= 11 is 0. The molecule has 0 spiro atoms. The molecular weight excluding hydrogens is 296 g/mol. The number of hydrogen-bond donors (Lipinski definition) is 2. The van der Waals surface area contributed by atoms with Gasteiger partial charge >= 0.3 is 0 Å². The van der Waals surface area contributed by atoms with Gasteiger partial charge in [-0.05, 0) is 31.3 Å². The van der Waals surface area contributed by atoms with Crippen molar-refractivity contribution in [3.05, 3.63) is 30.0 Å². The molecule has 21 heavy (non-hydrogen) atoms. The van der Waals surface area contributed by atoms with Crippen molar-refractivity contribution in [3.8, 4) is 0 Å². The Labute approximate surface area is 122 Å². The number of amides is 1. The Morgan fingerprint density at radius 3 is 2.71 bits per heavy atom. The maximum absolute atomic E-state index is 12.0. The largest absolute Gasteiger partial charge is 0.451 e. The Balaban J connectivity index is 2.41. The molecule has 0 unspecified atom stereocenters. The molecule has 114 valence electrons. The van der Waals surface area contributed by atoms with Gasteiger partial charge in [0.1, 0.15) is 5.58 Å². The lowest BCUT2D eigenvalue weighted by Crippen LogP contribution is -2.29. The van der Waals surface area contributed by atoms with Gasteiger partial charge < -0.3 is 14.4 Å². The third kappa shape index (κ3) is 3.07. The smallest absolute Gasteiger partial charge is 0.289 e. The Bertz CT molecular complexity index is 766.